The SMILES string of the molecule is C/C=C(\C)CC/C=C/C(=O)c1cc2cc(Nc3nccc(C4=CCC(C)C=N4)n3)cc(Cl)c2[nH]1. The van der Waals surface area contributed by atoms with Gasteiger partial charge in [-0.05, 0) is 69.4 Å². The van der Waals surface area contributed by atoms with Crippen molar-refractivity contribution in [3.63, 3.8) is 0 Å². The number of aliphatic imine (C=N–C) groups is 1. The lowest BCUT2D eigenvalue weighted by Crippen LogP contribution is -2.03. The summed E-state index contributed by atoms with van der Waals surface area (Å²) in [5, 5.41) is 4.56. The fraction of sp³-hybridized carbons (Fsp3) is 0.259. The average Bonchev–Trinajstić information content (AvgIpc) is 3.27. The minimum Gasteiger partial charge on any atom is -0.351 e. The average molecular weight is 474 g/mol. The largest absolute Gasteiger partial charge is 0.351 e. The van der Waals surface area contributed by atoms with Crippen molar-refractivity contribution in [2.24, 2.45) is 10.9 Å². The molecular weight excluding hydrogens is 446 g/mol. The number of fused-ring (bicyclic) bond motifs is 1. The molecule has 2 aromatic heterocycles. The summed E-state index contributed by atoms with van der Waals surface area (Å²) in [5.41, 5.74) is 4.88. The summed E-state index contributed by atoms with van der Waals surface area (Å²) in [4.78, 5) is 29.2. The maximum atomic E-state index is 12.6. The van der Waals surface area contributed by atoms with Crippen LogP contribution in [0.25, 0.3) is 16.6 Å². The first-order valence-corrected chi connectivity index (χ1v) is 11.8. The number of halogens is 1. The van der Waals surface area contributed by atoms with E-state index in [9.17, 15) is 4.79 Å². The number of anilines is 2. The third kappa shape index (κ3) is 5.69. The first-order valence-electron chi connectivity index (χ1n) is 11.4. The van der Waals surface area contributed by atoms with Crippen LogP contribution in [-0.4, -0.2) is 26.9 Å². The minimum absolute atomic E-state index is 0.0772. The minimum atomic E-state index is -0.0772. The molecule has 3 heterocycles. The van der Waals surface area contributed by atoms with Gasteiger partial charge in [-0.1, -0.05) is 42.3 Å². The summed E-state index contributed by atoms with van der Waals surface area (Å²) < 4.78 is 0. The number of benzene rings is 1. The van der Waals surface area contributed by atoms with E-state index >= 15 is 0 Å². The molecule has 0 radical (unpaired) electrons. The van der Waals surface area contributed by atoms with Crippen molar-refractivity contribution >= 4 is 51.8 Å². The lowest BCUT2D eigenvalue weighted by Gasteiger charge is -2.11. The summed E-state index contributed by atoms with van der Waals surface area (Å²) in [6.07, 6.45) is 14.1. The Kier molecular flexibility index (Phi) is 7.38. The van der Waals surface area contributed by atoms with Crippen LogP contribution in [-0.2, 0) is 0 Å². The van der Waals surface area contributed by atoms with Gasteiger partial charge in [0.2, 0.25) is 11.7 Å². The molecule has 34 heavy (non-hydrogen) atoms. The molecule has 1 aromatic carbocycles. The molecular formula is C27H28ClN5O. The molecule has 1 aliphatic heterocycles. The maximum Gasteiger partial charge on any atom is 0.227 e. The second kappa shape index (κ2) is 10.6. The quantitative estimate of drug-likeness (QED) is 0.204. The van der Waals surface area contributed by atoms with Crippen molar-refractivity contribution < 1.29 is 4.79 Å². The molecule has 3 aromatic rings. The molecule has 6 nitrogen and oxygen atoms in total. The van der Waals surface area contributed by atoms with Crippen LogP contribution in [0.3, 0.4) is 0 Å². The number of H-pyrrole nitrogens is 1. The zero-order valence-electron chi connectivity index (χ0n) is 19.6. The molecule has 7 heteroatoms. The number of nitrogens with zero attached hydrogens (tertiary/aromatic N) is 3. The third-order valence-corrected chi connectivity index (χ3v) is 6.04. The first kappa shape index (κ1) is 23.6. The van der Waals surface area contributed by atoms with Crippen LogP contribution in [0.1, 0.15) is 56.2 Å². The second-order valence-corrected chi connectivity index (χ2v) is 8.92. The Balaban J connectivity index is 1.51. The number of carbonyl (C=O) groups is 1. The highest BCUT2D eigenvalue weighted by Gasteiger charge is 2.13. The van der Waals surface area contributed by atoms with Crippen molar-refractivity contribution in [2.45, 2.75) is 40.0 Å². The van der Waals surface area contributed by atoms with E-state index in [-0.39, 0.29) is 5.78 Å². The molecule has 0 spiro atoms. The molecule has 0 amide bonds. The highest BCUT2D eigenvalue weighted by molar-refractivity contribution is 6.35. The number of hydrogen-bond donors (Lipinski definition) is 2. The molecule has 1 unspecified atom stereocenters. The van der Waals surface area contributed by atoms with E-state index in [4.69, 9.17) is 11.6 Å². The van der Waals surface area contributed by atoms with Crippen molar-refractivity contribution in [3.8, 4) is 0 Å². The van der Waals surface area contributed by atoms with E-state index in [1.165, 1.54) is 5.57 Å². The molecule has 0 saturated carbocycles. The first-order chi connectivity index (χ1) is 16.4. The van der Waals surface area contributed by atoms with Crippen LogP contribution in [0.15, 0.2) is 65.3 Å². The summed E-state index contributed by atoms with van der Waals surface area (Å²) in [5.74, 6) is 0.813. The van der Waals surface area contributed by atoms with Gasteiger partial charge < -0.3 is 10.3 Å². The third-order valence-electron chi connectivity index (χ3n) is 5.74. The second-order valence-electron chi connectivity index (χ2n) is 8.52. The Morgan fingerprint density at radius 2 is 2.18 bits per heavy atom. The molecule has 4 rings (SSSR count). The van der Waals surface area contributed by atoms with Crippen molar-refractivity contribution in [1.29, 1.82) is 0 Å². The smallest absolute Gasteiger partial charge is 0.227 e. The maximum absolute atomic E-state index is 12.6. The fourth-order valence-corrected chi connectivity index (χ4v) is 3.89. The predicted molar refractivity (Wildman–Crippen MR) is 141 cm³/mol. The molecule has 2 N–H and O–H groups in total. The van der Waals surface area contributed by atoms with Gasteiger partial charge >= 0.3 is 0 Å². The molecule has 174 valence electrons. The predicted octanol–water partition coefficient (Wildman–Crippen LogP) is 7.29. The van der Waals surface area contributed by atoms with Crippen LogP contribution >= 0.6 is 11.6 Å². The van der Waals surface area contributed by atoms with Gasteiger partial charge in [0, 0.05) is 23.5 Å². The van der Waals surface area contributed by atoms with Crippen molar-refractivity contribution in [1.82, 2.24) is 15.0 Å². The van der Waals surface area contributed by atoms with Crippen LogP contribution in [0.2, 0.25) is 5.02 Å². The Morgan fingerprint density at radius 1 is 1.32 bits per heavy atom. The topological polar surface area (TPSA) is 83.0 Å². The van der Waals surface area contributed by atoms with E-state index in [1.807, 2.05) is 37.4 Å². The van der Waals surface area contributed by atoms with Crippen LogP contribution < -0.4 is 5.32 Å². The van der Waals surface area contributed by atoms with Crippen LogP contribution in [0.5, 0.6) is 0 Å². The van der Waals surface area contributed by atoms with Gasteiger partial charge in [-0.3, -0.25) is 9.79 Å². The number of hydrogen-bond acceptors (Lipinski definition) is 5. The van der Waals surface area contributed by atoms with E-state index in [2.05, 4.69) is 51.3 Å². The zero-order valence-corrected chi connectivity index (χ0v) is 20.4. The number of rotatable bonds is 8. The lowest BCUT2D eigenvalue weighted by atomic mass is 10.1. The van der Waals surface area contributed by atoms with Gasteiger partial charge in [-0.25, -0.2) is 9.97 Å². The number of aromatic nitrogens is 3. The number of allylic oxidation sites excluding steroid dienone is 5. The van der Waals surface area contributed by atoms with Crippen LogP contribution in [0, 0.1) is 5.92 Å². The van der Waals surface area contributed by atoms with Gasteiger partial charge in [0.05, 0.1) is 27.6 Å². The standard InChI is InChI=1S/C27H28ClN5O/c1-4-17(2)7-5-6-8-25(34)24-14-19-13-20(15-21(28)26(19)32-24)31-27-29-12-11-23(33-27)22-10-9-18(3)16-30-22/h4,6,8,10-16,18,32H,5,7,9H2,1-3H3,(H,29,31,33)/b8-6+,17-4+. The van der Waals surface area contributed by atoms with Crippen molar-refractivity contribution in [3.05, 3.63) is 76.7 Å². The molecule has 0 bridgehead atoms. The molecule has 0 aliphatic carbocycles. The number of carbonyl (C=O) groups excluding carboxylic acids is 1. The zero-order chi connectivity index (χ0) is 24.1. The lowest BCUT2D eigenvalue weighted by molar-refractivity contribution is 0.104. The van der Waals surface area contributed by atoms with Crippen molar-refractivity contribution in [2.75, 3.05) is 5.32 Å². The normalized spacial score (nSPS) is 16.3. The summed E-state index contributed by atoms with van der Waals surface area (Å²) in [6, 6.07) is 7.37. The Labute approximate surface area is 204 Å². The molecule has 0 saturated heterocycles. The molecule has 1 aliphatic rings. The van der Waals surface area contributed by atoms with Crippen LogP contribution in [0.4, 0.5) is 11.6 Å². The number of nitrogens with one attached hydrogen (secondary N) is 2. The molecule has 0 fully saturated rings. The Bertz CT molecular complexity index is 1330. The Morgan fingerprint density at radius 3 is 2.94 bits per heavy atom. The summed E-state index contributed by atoms with van der Waals surface area (Å²) in [6.45, 7) is 6.24. The number of ketones is 1. The van der Waals surface area contributed by atoms with Gasteiger partial charge in [0.1, 0.15) is 0 Å². The van der Waals surface area contributed by atoms with Gasteiger partial charge in [0.15, 0.2) is 0 Å². The van der Waals surface area contributed by atoms with Gasteiger partial charge in [-0.2, -0.15) is 0 Å². The fourth-order valence-electron chi connectivity index (χ4n) is 3.62. The molecule has 1 atom stereocenters. The summed E-state index contributed by atoms with van der Waals surface area (Å²) >= 11 is 6.51. The summed E-state index contributed by atoms with van der Waals surface area (Å²) in [7, 11) is 0. The van der Waals surface area contributed by atoms with E-state index in [0.717, 1.165) is 47.2 Å². The highest BCUT2D eigenvalue weighted by Crippen LogP contribution is 2.30. The van der Waals surface area contributed by atoms with E-state index in [0.29, 0.717) is 22.6 Å². The number of aromatic amines is 1. The Hall–Kier alpha value is -3.51. The highest BCUT2D eigenvalue weighted by atomic mass is 35.5. The monoisotopic (exact) mass is 473 g/mol. The van der Waals surface area contributed by atoms with Gasteiger partial charge in [0.25, 0.3) is 0 Å². The van der Waals surface area contributed by atoms with E-state index < -0.39 is 0 Å². The van der Waals surface area contributed by atoms with E-state index in [1.54, 1.807) is 18.3 Å². The van der Waals surface area contributed by atoms with Gasteiger partial charge in [-0.15, -0.1) is 0 Å².